The van der Waals surface area contributed by atoms with Crippen molar-refractivity contribution in [2.24, 2.45) is 0 Å². The molecule has 3 nitrogen and oxygen atoms in total. The highest BCUT2D eigenvalue weighted by Crippen LogP contribution is 2.33. The second-order valence-corrected chi connectivity index (χ2v) is 7.64. The maximum absolute atomic E-state index is 12.5. The maximum atomic E-state index is 12.5. The lowest BCUT2D eigenvalue weighted by Crippen LogP contribution is -2.10. The van der Waals surface area contributed by atoms with Crippen LogP contribution >= 0.6 is 11.3 Å². The fourth-order valence-electron chi connectivity index (χ4n) is 3.49. The predicted octanol–water partition coefficient (Wildman–Crippen LogP) is 5.25. The third kappa shape index (κ3) is 3.20. The van der Waals surface area contributed by atoms with Gasteiger partial charge in [0.1, 0.15) is 0 Å². The Morgan fingerprint density at radius 2 is 1.69 bits per heavy atom. The van der Waals surface area contributed by atoms with E-state index in [-0.39, 0.29) is 12.2 Å². The molecule has 0 amide bonds. The van der Waals surface area contributed by atoms with E-state index in [9.17, 15) is 14.7 Å². The number of carboxylic acid groups (broad SMARTS) is 1. The molecule has 0 atom stereocenters. The lowest BCUT2D eigenvalue weighted by molar-refractivity contribution is -0.133. The Hall–Kier alpha value is -2.72. The predicted molar refractivity (Wildman–Crippen MR) is 104 cm³/mol. The van der Waals surface area contributed by atoms with E-state index in [0.29, 0.717) is 24.0 Å². The molecule has 0 radical (unpaired) electrons. The van der Waals surface area contributed by atoms with Gasteiger partial charge in [0, 0.05) is 27.1 Å². The van der Waals surface area contributed by atoms with Crippen LogP contribution < -0.4 is 0 Å². The zero-order valence-electron chi connectivity index (χ0n) is 14.2. The summed E-state index contributed by atoms with van der Waals surface area (Å²) in [5, 5.41) is 10.4. The molecule has 130 valence electrons. The van der Waals surface area contributed by atoms with E-state index in [1.165, 1.54) is 15.0 Å². The summed E-state index contributed by atoms with van der Waals surface area (Å²) >= 11 is 1.75. The van der Waals surface area contributed by atoms with Crippen LogP contribution in [0.4, 0.5) is 0 Å². The van der Waals surface area contributed by atoms with Gasteiger partial charge < -0.3 is 5.11 Å². The van der Waals surface area contributed by atoms with Gasteiger partial charge in [0.2, 0.25) is 0 Å². The average Bonchev–Trinajstić information content (AvgIpc) is 3.29. The molecule has 0 spiro atoms. The molecule has 0 saturated carbocycles. The van der Waals surface area contributed by atoms with Gasteiger partial charge in [0.05, 0.1) is 0 Å². The van der Waals surface area contributed by atoms with E-state index < -0.39 is 5.97 Å². The number of benzene rings is 2. The SMILES string of the molecule is O=C(O)C1=C(C(=O)Cc2ccc(-c3cc4ccccc4s3)cc2)CCC1. The van der Waals surface area contributed by atoms with Gasteiger partial charge in [-0.15, -0.1) is 11.3 Å². The van der Waals surface area contributed by atoms with Crippen LogP contribution in [0, 0.1) is 0 Å². The fraction of sp³-hybridized carbons (Fsp3) is 0.182. The number of fused-ring (bicyclic) bond motifs is 1. The monoisotopic (exact) mass is 362 g/mol. The summed E-state index contributed by atoms with van der Waals surface area (Å²) in [5.74, 6) is -1.01. The Kier molecular flexibility index (Phi) is 4.43. The molecule has 0 saturated heterocycles. The number of hydrogen-bond donors (Lipinski definition) is 1. The molecule has 3 aromatic rings. The van der Waals surface area contributed by atoms with E-state index in [0.717, 1.165) is 17.5 Å². The Labute approximate surface area is 155 Å². The largest absolute Gasteiger partial charge is 0.478 e. The Morgan fingerprint density at radius 1 is 0.962 bits per heavy atom. The Bertz CT molecular complexity index is 992. The van der Waals surface area contributed by atoms with Gasteiger partial charge in [-0.2, -0.15) is 0 Å². The van der Waals surface area contributed by atoms with Gasteiger partial charge in [-0.3, -0.25) is 4.79 Å². The number of carbonyl (C=O) groups excluding carboxylic acids is 1. The quantitative estimate of drug-likeness (QED) is 0.675. The van der Waals surface area contributed by atoms with E-state index in [1.54, 1.807) is 11.3 Å². The van der Waals surface area contributed by atoms with Crippen LogP contribution in [-0.4, -0.2) is 16.9 Å². The van der Waals surface area contributed by atoms with Crippen molar-refractivity contribution in [3.05, 3.63) is 71.3 Å². The normalized spacial score (nSPS) is 14.2. The highest BCUT2D eigenvalue weighted by Gasteiger charge is 2.25. The minimum atomic E-state index is -0.953. The van der Waals surface area contributed by atoms with E-state index in [4.69, 9.17) is 0 Å². The van der Waals surface area contributed by atoms with E-state index in [2.05, 4.69) is 18.2 Å². The number of allylic oxidation sites excluding steroid dienone is 1. The minimum Gasteiger partial charge on any atom is -0.478 e. The van der Waals surface area contributed by atoms with Crippen molar-refractivity contribution in [2.75, 3.05) is 0 Å². The van der Waals surface area contributed by atoms with Crippen LogP contribution in [0.15, 0.2) is 65.7 Å². The molecule has 0 bridgehead atoms. The standard InChI is InChI=1S/C22H18O3S/c23-19(17-5-3-6-18(17)22(24)25)12-14-8-10-15(11-9-14)21-13-16-4-1-2-7-20(16)26-21/h1-2,4,7-11,13H,3,5-6,12H2,(H,24,25). The van der Waals surface area contributed by atoms with Crippen molar-refractivity contribution < 1.29 is 14.7 Å². The van der Waals surface area contributed by atoms with Crippen molar-refractivity contribution in [1.82, 2.24) is 0 Å². The second-order valence-electron chi connectivity index (χ2n) is 6.56. The van der Waals surface area contributed by atoms with Gasteiger partial charge in [-0.1, -0.05) is 42.5 Å². The number of ketones is 1. The molecule has 1 aliphatic carbocycles. The maximum Gasteiger partial charge on any atom is 0.331 e. The summed E-state index contributed by atoms with van der Waals surface area (Å²) in [6.07, 6.45) is 2.11. The Balaban J connectivity index is 1.54. The first-order chi connectivity index (χ1) is 12.6. The van der Waals surface area contributed by atoms with Gasteiger partial charge in [-0.25, -0.2) is 4.79 Å². The zero-order valence-corrected chi connectivity index (χ0v) is 15.0. The van der Waals surface area contributed by atoms with Crippen molar-refractivity contribution in [3.8, 4) is 10.4 Å². The van der Waals surface area contributed by atoms with Crippen molar-refractivity contribution in [2.45, 2.75) is 25.7 Å². The van der Waals surface area contributed by atoms with Crippen LogP contribution in [0.3, 0.4) is 0 Å². The molecule has 4 rings (SSSR count). The number of carboxylic acids is 1. The smallest absolute Gasteiger partial charge is 0.331 e. The zero-order chi connectivity index (χ0) is 18.1. The molecule has 0 aliphatic heterocycles. The van der Waals surface area contributed by atoms with Gasteiger partial charge in [0.25, 0.3) is 0 Å². The molecule has 1 aliphatic rings. The van der Waals surface area contributed by atoms with E-state index >= 15 is 0 Å². The number of carbonyl (C=O) groups is 2. The third-order valence-electron chi connectivity index (χ3n) is 4.84. The first-order valence-corrected chi connectivity index (χ1v) is 9.50. The lowest BCUT2D eigenvalue weighted by atomic mass is 9.99. The van der Waals surface area contributed by atoms with Crippen LogP contribution in [0.5, 0.6) is 0 Å². The van der Waals surface area contributed by atoms with Crippen LogP contribution in [-0.2, 0) is 16.0 Å². The van der Waals surface area contributed by atoms with Crippen molar-refractivity contribution in [1.29, 1.82) is 0 Å². The summed E-state index contributed by atoms with van der Waals surface area (Å²) in [6, 6.07) is 18.5. The molecular weight excluding hydrogens is 344 g/mol. The topological polar surface area (TPSA) is 54.4 Å². The number of thiophene rings is 1. The number of Topliss-reactive ketones (excluding diaryl/α,β-unsaturated/α-hetero) is 1. The van der Waals surface area contributed by atoms with Crippen LogP contribution in [0.25, 0.3) is 20.5 Å². The van der Waals surface area contributed by atoms with Crippen molar-refractivity contribution >= 4 is 33.2 Å². The Morgan fingerprint density at radius 3 is 2.42 bits per heavy atom. The molecule has 1 N–H and O–H groups in total. The highest BCUT2D eigenvalue weighted by molar-refractivity contribution is 7.22. The first-order valence-electron chi connectivity index (χ1n) is 8.68. The molecule has 1 heterocycles. The molecule has 0 fully saturated rings. The number of hydrogen-bond acceptors (Lipinski definition) is 3. The van der Waals surface area contributed by atoms with Gasteiger partial charge in [0.15, 0.2) is 5.78 Å². The van der Waals surface area contributed by atoms with Gasteiger partial charge in [-0.05, 0) is 47.9 Å². The lowest BCUT2D eigenvalue weighted by Gasteiger charge is -2.05. The molecule has 26 heavy (non-hydrogen) atoms. The van der Waals surface area contributed by atoms with Crippen molar-refractivity contribution in [3.63, 3.8) is 0 Å². The fourth-order valence-corrected chi connectivity index (χ4v) is 4.56. The third-order valence-corrected chi connectivity index (χ3v) is 6.01. The summed E-state index contributed by atoms with van der Waals surface area (Å²) < 4.78 is 1.26. The average molecular weight is 362 g/mol. The molecule has 0 unspecified atom stereocenters. The highest BCUT2D eigenvalue weighted by atomic mass is 32.1. The summed E-state index contributed by atoms with van der Waals surface area (Å²) in [6.45, 7) is 0. The van der Waals surface area contributed by atoms with E-state index in [1.807, 2.05) is 36.4 Å². The minimum absolute atomic E-state index is 0.0606. The van der Waals surface area contributed by atoms with Crippen LogP contribution in [0.1, 0.15) is 24.8 Å². The molecule has 2 aromatic carbocycles. The molecule has 1 aromatic heterocycles. The summed E-state index contributed by atoms with van der Waals surface area (Å²) in [7, 11) is 0. The van der Waals surface area contributed by atoms with Crippen LogP contribution in [0.2, 0.25) is 0 Å². The van der Waals surface area contributed by atoms with Gasteiger partial charge >= 0.3 is 5.97 Å². The number of rotatable bonds is 5. The second kappa shape index (κ2) is 6.89. The molecule has 4 heteroatoms. The first kappa shape index (κ1) is 16.7. The summed E-state index contributed by atoms with van der Waals surface area (Å²) in [4.78, 5) is 24.9. The summed E-state index contributed by atoms with van der Waals surface area (Å²) in [5.41, 5.74) is 2.86. The number of aliphatic carboxylic acids is 1. The molecular formula is C22H18O3S.